The zero-order valence-electron chi connectivity index (χ0n) is 10.6. The number of hydrogen-bond acceptors (Lipinski definition) is 4. The van der Waals surface area contributed by atoms with Crippen molar-refractivity contribution in [1.82, 2.24) is 15.5 Å². The van der Waals surface area contributed by atoms with E-state index in [0.717, 1.165) is 35.1 Å². The molecule has 0 aliphatic rings. The molecule has 102 valence electrons. The van der Waals surface area contributed by atoms with Crippen molar-refractivity contribution >= 4 is 34.2 Å². The lowest BCUT2D eigenvalue weighted by Crippen LogP contribution is -2.17. The number of nitrogens with zero attached hydrogens (tertiary/aromatic N) is 2. The third-order valence-corrected chi connectivity index (χ3v) is 3.74. The van der Waals surface area contributed by atoms with Gasteiger partial charge >= 0.3 is 0 Å². The van der Waals surface area contributed by atoms with Crippen LogP contribution >= 0.6 is 34.2 Å². The minimum atomic E-state index is 0.525. The first-order valence-electron chi connectivity index (χ1n) is 6.19. The summed E-state index contributed by atoms with van der Waals surface area (Å²) in [6.45, 7) is 3.99. The molecular weight excluding hydrogens is 377 g/mol. The average Bonchev–Trinajstić information content (AvgIpc) is 2.86. The Morgan fingerprint density at radius 3 is 2.95 bits per heavy atom. The van der Waals surface area contributed by atoms with Crippen LogP contribution in [0.3, 0.4) is 0 Å². The molecule has 0 fully saturated rings. The molecule has 1 N–H and O–H groups in total. The molecule has 6 heteroatoms. The second kappa shape index (κ2) is 7.21. The van der Waals surface area contributed by atoms with Crippen molar-refractivity contribution in [2.75, 3.05) is 13.1 Å². The van der Waals surface area contributed by atoms with Crippen LogP contribution in [0, 0.1) is 3.57 Å². The van der Waals surface area contributed by atoms with Gasteiger partial charge in [0.15, 0.2) is 0 Å². The first-order chi connectivity index (χ1) is 9.20. The van der Waals surface area contributed by atoms with Crippen LogP contribution in [0.2, 0.25) is 5.02 Å². The molecule has 0 atom stereocenters. The Balaban J connectivity index is 2.06. The molecule has 2 aromatic rings. The van der Waals surface area contributed by atoms with Gasteiger partial charge < -0.3 is 9.73 Å². The SMILES string of the molecule is CCCNCCc1nnc(-c2cc(Cl)ccc2I)o1. The van der Waals surface area contributed by atoms with Crippen molar-refractivity contribution in [3.8, 4) is 11.5 Å². The number of nitrogens with one attached hydrogen (secondary N) is 1. The lowest BCUT2D eigenvalue weighted by molar-refractivity contribution is 0.494. The van der Waals surface area contributed by atoms with Gasteiger partial charge in [-0.05, 0) is 53.8 Å². The number of rotatable bonds is 6. The molecule has 0 aliphatic heterocycles. The van der Waals surface area contributed by atoms with Gasteiger partial charge in [-0.25, -0.2) is 0 Å². The second-order valence-electron chi connectivity index (χ2n) is 4.13. The Hall–Kier alpha value is -0.660. The lowest BCUT2D eigenvalue weighted by Gasteiger charge is -2.00. The van der Waals surface area contributed by atoms with E-state index in [9.17, 15) is 0 Å². The van der Waals surface area contributed by atoms with Gasteiger partial charge in [0.2, 0.25) is 11.8 Å². The summed E-state index contributed by atoms with van der Waals surface area (Å²) in [6, 6.07) is 5.62. The van der Waals surface area contributed by atoms with Crippen LogP contribution in [-0.2, 0) is 6.42 Å². The third-order valence-electron chi connectivity index (χ3n) is 2.57. The highest BCUT2D eigenvalue weighted by molar-refractivity contribution is 14.1. The smallest absolute Gasteiger partial charge is 0.248 e. The molecule has 0 bridgehead atoms. The van der Waals surface area contributed by atoms with Crippen molar-refractivity contribution in [2.24, 2.45) is 0 Å². The topological polar surface area (TPSA) is 51.0 Å². The van der Waals surface area contributed by atoms with Gasteiger partial charge in [-0.3, -0.25) is 0 Å². The Morgan fingerprint density at radius 2 is 2.16 bits per heavy atom. The van der Waals surface area contributed by atoms with Gasteiger partial charge in [-0.2, -0.15) is 0 Å². The van der Waals surface area contributed by atoms with Crippen LogP contribution in [0.5, 0.6) is 0 Å². The molecular formula is C13H15ClIN3O. The molecule has 0 spiro atoms. The van der Waals surface area contributed by atoms with Gasteiger partial charge in [-0.15, -0.1) is 10.2 Å². The van der Waals surface area contributed by atoms with E-state index >= 15 is 0 Å². The van der Waals surface area contributed by atoms with Crippen molar-refractivity contribution in [3.05, 3.63) is 32.7 Å². The maximum Gasteiger partial charge on any atom is 0.248 e. The summed E-state index contributed by atoms with van der Waals surface area (Å²) in [5, 5.41) is 12.1. The number of halogens is 2. The minimum Gasteiger partial charge on any atom is -0.421 e. The molecule has 1 aromatic carbocycles. The fourth-order valence-electron chi connectivity index (χ4n) is 1.62. The average molecular weight is 392 g/mol. The predicted molar refractivity (Wildman–Crippen MR) is 84.3 cm³/mol. The van der Waals surface area contributed by atoms with E-state index in [1.807, 2.05) is 18.2 Å². The van der Waals surface area contributed by atoms with Crippen LogP contribution in [0.1, 0.15) is 19.2 Å². The summed E-state index contributed by atoms with van der Waals surface area (Å²) in [6.07, 6.45) is 1.86. The number of benzene rings is 1. The van der Waals surface area contributed by atoms with Crippen LogP contribution < -0.4 is 5.32 Å². The fraction of sp³-hybridized carbons (Fsp3) is 0.385. The molecule has 0 radical (unpaired) electrons. The first-order valence-corrected chi connectivity index (χ1v) is 7.65. The Bertz CT molecular complexity index is 544. The lowest BCUT2D eigenvalue weighted by atomic mass is 10.2. The molecule has 2 rings (SSSR count). The van der Waals surface area contributed by atoms with E-state index in [-0.39, 0.29) is 0 Å². The summed E-state index contributed by atoms with van der Waals surface area (Å²) in [4.78, 5) is 0. The number of aromatic nitrogens is 2. The molecule has 4 nitrogen and oxygen atoms in total. The molecule has 0 saturated heterocycles. The molecule has 0 aliphatic carbocycles. The zero-order valence-corrected chi connectivity index (χ0v) is 13.5. The summed E-state index contributed by atoms with van der Waals surface area (Å²) < 4.78 is 6.70. The molecule has 0 amide bonds. The van der Waals surface area contributed by atoms with Gasteiger partial charge in [0.25, 0.3) is 0 Å². The largest absolute Gasteiger partial charge is 0.421 e. The summed E-state index contributed by atoms with van der Waals surface area (Å²) >= 11 is 8.22. The van der Waals surface area contributed by atoms with Crippen molar-refractivity contribution in [3.63, 3.8) is 0 Å². The summed E-state index contributed by atoms with van der Waals surface area (Å²) in [7, 11) is 0. The molecule has 1 aromatic heterocycles. The molecule has 19 heavy (non-hydrogen) atoms. The van der Waals surface area contributed by atoms with E-state index in [1.165, 1.54) is 0 Å². The van der Waals surface area contributed by atoms with E-state index in [0.29, 0.717) is 16.8 Å². The zero-order chi connectivity index (χ0) is 13.7. The van der Waals surface area contributed by atoms with E-state index < -0.39 is 0 Å². The minimum absolute atomic E-state index is 0.525. The van der Waals surface area contributed by atoms with Crippen molar-refractivity contribution in [1.29, 1.82) is 0 Å². The highest BCUT2D eigenvalue weighted by Gasteiger charge is 2.12. The maximum absolute atomic E-state index is 5.99. The maximum atomic E-state index is 5.99. The molecule has 0 unspecified atom stereocenters. The Morgan fingerprint density at radius 1 is 1.32 bits per heavy atom. The van der Waals surface area contributed by atoms with Crippen LogP contribution in [-0.4, -0.2) is 23.3 Å². The van der Waals surface area contributed by atoms with Crippen LogP contribution in [0.15, 0.2) is 22.6 Å². The van der Waals surface area contributed by atoms with E-state index in [1.54, 1.807) is 0 Å². The molecule has 0 saturated carbocycles. The Labute approximate surface area is 131 Å². The van der Waals surface area contributed by atoms with Gasteiger partial charge in [0.05, 0.1) is 5.56 Å². The van der Waals surface area contributed by atoms with Crippen LogP contribution in [0.25, 0.3) is 11.5 Å². The third kappa shape index (κ3) is 4.15. The van der Waals surface area contributed by atoms with Crippen molar-refractivity contribution in [2.45, 2.75) is 19.8 Å². The van der Waals surface area contributed by atoms with E-state index in [2.05, 4.69) is 45.0 Å². The monoisotopic (exact) mass is 391 g/mol. The van der Waals surface area contributed by atoms with Gasteiger partial charge in [0.1, 0.15) is 0 Å². The fourth-order valence-corrected chi connectivity index (χ4v) is 2.36. The van der Waals surface area contributed by atoms with Crippen LogP contribution in [0.4, 0.5) is 0 Å². The van der Waals surface area contributed by atoms with Gasteiger partial charge in [-0.1, -0.05) is 18.5 Å². The van der Waals surface area contributed by atoms with Crippen molar-refractivity contribution < 1.29 is 4.42 Å². The standard InChI is InChI=1S/C13H15ClIN3O/c1-2-6-16-7-5-12-17-18-13(19-12)10-8-9(14)3-4-11(10)15/h3-4,8,16H,2,5-7H2,1H3. The highest BCUT2D eigenvalue weighted by Crippen LogP contribution is 2.27. The summed E-state index contributed by atoms with van der Waals surface area (Å²) in [5.41, 5.74) is 0.883. The quantitative estimate of drug-likeness (QED) is 0.604. The second-order valence-corrected chi connectivity index (χ2v) is 5.72. The van der Waals surface area contributed by atoms with E-state index in [4.69, 9.17) is 16.0 Å². The van der Waals surface area contributed by atoms with Gasteiger partial charge in [0, 0.05) is 21.6 Å². The summed E-state index contributed by atoms with van der Waals surface area (Å²) in [5.74, 6) is 1.17. The normalized spacial score (nSPS) is 10.9. The Kier molecular flexibility index (Phi) is 5.59. The highest BCUT2D eigenvalue weighted by atomic mass is 127. The predicted octanol–water partition coefficient (Wildman–Crippen LogP) is 3.54. The number of hydrogen-bond donors (Lipinski definition) is 1. The molecule has 1 heterocycles. The first kappa shape index (κ1) is 14.7.